The Morgan fingerprint density at radius 1 is 0.760 bits per heavy atom. The lowest BCUT2D eigenvalue weighted by atomic mass is 10.0. The second-order valence-electron chi connectivity index (χ2n) is 5.36. The first-order valence-corrected chi connectivity index (χ1v) is 7.68. The summed E-state index contributed by atoms with van der Waals surface area (Å²) in [5, 5.41) is 0. The number of rotatable bonds is 6. The number of hydrogen-bond donors (Lipinski definition) is 1. The molecule has 0 aliphatic rings. The van der Waals surface area contributed by atoms with E-state index in [9.17, 15) is 14.4 Å². The van der Waals surface area contributed by atoms with Crippen molar-refractivity contribution in [2.24, 2.45) is 0 Å². The fraction of sp³-hybridized carbons (Fsp3) is 0.0500. The summed E-state index contributed by atoms with van der Waals surface area (Å²) in [6.07, 6.45) is 1.62. The van der Waals surface area contributed by atoms with Crippen molar-refractivity contribution in [3.63, 3.8) is 0 Å². The molecule has 1 heterocycles. The van der Waals surface area contributed by atoms with Crippen LogP contribution in [0.5, 0.6) is 0 Å². The summed E-state index contributed by atoms with van der Waals surface area (Å²) in [7, 11) is 0. The van der Waals surface area contributed by atoms with E-state index < -0.39 is 5.97 Å². The molecule has 0 aliphatic heterocycles. The highest BCUT2D eigenvalue weighted by Crippen LogP contribution is 2.12. The van der Waals surface area contributed by atoms with E-state index in [1.54, 1.807) is 54.7 Å². The summed E-state index contributed by atoms with van der Waals surface area (Å²) in [5.74, 6) is -1.05. The minimum Gasteiger partial charge on any atom is -0.454 e. The van der Waals surface area contributed by atoms with Crippen LogP contribution in [-0.2, 0) is 4.74 Å². The monoisotopic (exact) mass is 333 g/mol. The van der Waals surface area contributed by atoms with Gasteiger partial charge in [0.15, 0.2) is 12.4 Å². The van der Waals surface area contributed by atoms with E-state index in [1.165, 1.54) is 12.1 Å². The fourth-order valence-electron chi connectivity index (χ4n) is 2.31. The van der Waals surface area contributed by atoms with Crippen LogP contribution in [0.15, 0.2) is 72.9 Å². The van der Waals surface area contributed by atoms with Gasteiger partial charge in [-0.25, -0.2) is 4.79 Å². The van der Waals surface area contributed by atoms with Crippen molar-refractivity contribution in [2.75, 3.05) is 6.61 Å². The van der Waals surface area contributed by atoms with Gasteiger partial charge >= 0.3 is 5.97 Å². The van der Waals surface area contributed by atoms with Crippen molar-refractivity contribution >= 4 is 17.5 Å². The van der Waals surface area contributed by atoms with Crippen LogP contribution in [-0.4, -0.2) is 29.1 Å². The molecule has 124 valence electrons. The molecule has 3 aromatic rings. The summed E-state index contributed by atoms with van der Waals surface area (Å²) in [5.41, 5.74) is 1.72. The third kappa shape index (κ3) is 3.90. The van der Waals surface area contributed by atoms with Crippen LogP contribution in [0.2, 0.25) is 0 Å². The molecule has 5 nitrogen and oxygen atoms in total. The van der Waals surface area contributed by atoms with Crippen molar-refractivity contribution in [3.05, 3.63) is 95.3 Å². The van der Waals surface area contributed by atoms with E-state index >= 15 is 0 Å². The molecule has 0 saturated heterocycles. The van der Waals surface area contributed by atoms with Gasteiger partial charge in [-0.3, -0.25) is 9.59 Å². The van der Waals surface area contributed by atoms with Crippen LogP contribution < -0.4 is 0 Å². The quantitative estimate of drug-likeness (QED) is 0.555. The molecule has 25 heavy (non-hydrogen) atoms. The molecule has 1 N–H and O–H groups in total. The van der Waals surface area contributed by atoms with Gasteiger partial charge in [-0.15, -0.1) is 0 Å². The van der Waals surface area contributed by atoms with Crippen molar-refractivity contribution in [3.8, 4) is 0 Å². The van der Waals surface area contributed by atoms with Crippen molar-refractivity contribution in [2.45, 2.75) is 0 Å². The zero-order valence-electron chi connectivity index (χ0n) is 13.3. The number of aromatic nitrogens is 1. The Balaban J connectivity index is 1.63. The van der Waals surface area contributed by atoms with Crippen molar-refractivity contribution in [1.29, 1.82) is 0 Å². The number of carbonyl (C=O) groups excluding carboxylic acids is 3. The van der Waals surface area contributed by atoms with Gasteiger partial charge in [0.25, 0.3) is 0 Å². The third-order valence-corrected chi connectivity index (χ3v) is 3.65. The Bertz CT molecular complexity index is 881. The molecule has 0 saturated carbocycles. The summed E-state index contributed by atoms with van der Waals surface area (Å²) < 4.78 is 5.01. The Hall–Kier alpha value is -3.47. The number of ether oxygens (including phenoxy) is 1. The van der Waals surface area contributed by atoms with Crippen LogP contribution in [0.25, 0.3) is 0 Å². The third-order valence-electron chi connectivity index (χ3n) is 3.65. The first-order valence-electron chi connectivity index (χ1n) is 7.68. The Kier molecular flexibility index (Phi) is 4.85. The number of benzene rings is 2. The van der Waals surface area contributed by atoms with Crippen LogP contribution in [0.4, 0.5) is 0 Å². The standard InChI is InChI=1S/C20H15NO4/c22-18(17-7-4-12-21-17)13-25-20(24)16-10-8-15(9-11-16)19(23)14-5-2-1-3-6-14/h1-12,21H,13H2. The van der Waals surface area contributed by atoms with Gasteiger partial charge in [-0.05, 0) is 24.3 Å². The predicted octanol–water partition coefficient (Wildman–Crippen LogP) is 3.29. The number of H-pyrrole nitrogens is 1. The fourth-order valence-corrected chi connectivity index (χ4v) is 2.31. The van der Waals surface area contributed by atoms with E-state index in [-0.39, 0.29) is 23.7 Å². The Labute approximate surface area is 144 Å². The van der Waals surface area contributed by atoms with Crippen LogP contribution >= 0.6 is 0 Å². The molecule has 0 fully saturated rings. The lowest BCUT2D eigenvalue weighted by molar-refractivity contribution is 0.0473. The first-order chi connectivity index (χ1) is 12.1. The topological polar surface area (TPSA) is 76.2 Å². The van der Waals surface area contributed by atoms with Crippen molar-refractivity contribution < 1.29 is 19.1 Å². The molecule has 0 aliphatic carbocycles. The predicted molar refractivity (Wildman–Crippen MR) is 91.7 cm³/mol. The molecule has 0 unspecified atom stereocenters. The highest BCUT2D eigenvalue weighted by molar-refractivity contribution is 6.09. The molecule has 0 bridgehead atoms. The van der Waals surface area contributed by atoms with Gasteiger partial charge in [0.1, 0.15) is 0 Å². The van der Waals surface area contributed by atoms with Gasteiger partial charge < -0.3 is 9.72 Å². The van der Waals surface area contributed by atoms with E-state index in [0.29, 0.717) is 16.8 Å². The molecule has 1 aromatic heterocycles. The van der Waals surface area contributed by atoms with E-state index in [2.05, 4.69) is 4.98 Å². The molecule has 0 amide bonds. The zero-order valence-corrected chi connectivity index (χ0v) is 13.3. The largest absolute Gasteiger partial charge is 0.454 e. The number of Topliss-reactive ketones (excluding diaryl/α,β-unsaturated/α-hetero) is 1. The second kappa shape index (κ2) is 7.40. The van der Waals surface area contributed by atoms with E-state index in [1.807, 2.05) is 6.07 Å². The number of hydrogen-bond acceptors (Lipinski definition) is 4. The van der Waals surface area contributed by atoms with Gasteiger partial charge in [-0.1, -0.05) is 42.5 Å². The first kappa shape index (κ1) is 16.4. The van der Waals surface area contributed by atoms with Crippen LogP contribution in [0, 0.1) is 0 Å². The van der Waals surface area contributed by atoms with E-state index in [4.69, 9.17) is 4.74 Å². The Morgan fingerprint density at radius 3 is 2.04 bits per heavy atom. The lowest BCUT2D eigenvalue weighted by Crippen LogP contribution is -2.14. The molecule has 0 spiro atoms. The number of aromatic amines is 1. The number of esters is 1. The van der Waals surface area contributed by atoms with Crippen LogP contribution in [0.1, 0.15) is 36.8 Å². The molecule has 3 rings (SSSR count). The number of nitrogens with one attached hydrogen (secondary N) is 1. The molecule has 0 atom stereocenters. The van der Waals surface area contributed by atoms with Crippen molar-refractivity contribution in [1.82, 2.24) is 4.98 Å². The average Bonchev–Trinajstić information content (AvgIpc) is 3.21. The lowest BCUT2D eigenvalue weighted by Gasteiger charge is -2.05. The maximum Gasteiger partial charge on any atom is 0.338 e. The summed E-state index contributed by atoms with van der Waals surface area (Å²) in [6.45, 7) is -0.343. The average molecular weight is 333 g/mol. The Morgan fingerprint density at radius 2 is 1.40 bits per heavy atom. The minimum atomic E-state index is -0.612. The highest BCUT2D eigenvalue weighted by Gasteiger charge is 2.14. The van der Waals surface area contributed by atoms with Gasteiger partial charge in [0.05, 0.1) is 11.3 Å². The number of carbonyl (C=O) groups is 3. The maximum atomic E-state index is 12.3. The molecular weight excluding hydrogens is 318 g/mol. The van der Waals surface area contributed by atoms with Crippen LogP contribution in [0.3, 0.4) is 0 Å². The highest BCUT2D eigenvalue weighted by atomic mass is 16.5. The molecule has 2 aromatic carbocycles. The van der Waals surface area contributed by atoms with Gasteiger partial charge in [-0.2, -0.15) is 0 Å². The van der Waals surface area contributed by atoms with Gasteiger partial charge in [0.2, 0.25) is 5.78 Å². The SMILES string of the molecule is O=C(OCC(=O)c1ccc[nH]1)c1ccc(C(=O)c2ccccc2)cc1. The normalized spacial score (nSPS) is 10.2. The second-order valence-corrected chi connectivity index (χ2v) is 5.36. The summed E-state index contributed by atoms with van der Waals surface area (Å²) >= 11 is 0. The zero-order chi connectivity index (χ0) is 17.6. The molecule has 5 heteroatoms. The molecule has 0 radical (unpaired) electrons. The minimum absolute atomic E-state index is 0.123. The summed E-state index contributed by atoms with van der Waals surface area (Å²) in [4.78, 5) is 38.9. The number of ketones is 2. The van der Waals surface area contributed by atoms with Gasteiger partial charge in [0, 0.05) is 17.3 Å². The molecular formula is C20H15NO4. The van der Waals surface area contributed by atoms with E-state index in [0.717, 1.165) is 0 Å². The summed E-state index contributed by atoms with van der Waals surface area (Å²) in [6, 6.07) is 18.3. The smallest absolute Gasteiger partial charge is 0.338 e. The maximum absolute atomic E-state index is 12.3.